The Bertz CT molecular complexity index is 821. The fourth-order valence-corrected chi connectivity index (χ4v) is 3.25. The maximum Gasteiger partial charge on any atom is 0.195 e. The molecule has 0 heterocycles. The summed E-state index contributed by atoms with van der Waals surface area (Å²) >= 11 is 0. The molecule has 0 unspecified atom stereocenters. The van der Waals surface area contributed by atoms with Gasteiger partial charge in [-0.3, -0.25) is 4.99 Å². The van der Waals surface area contributed by atoms with Crippen molar-refractivity contribution in [3.8, 4) is 17.2 Å². The summed E-state index contributed by atoms with van der Waals surface area (Å²) in [6.45, 7) is 3.36. The lowest BCUT2D eigenvalue weighted by molar-refractivity contribution is 0.311. The number of ether oxygens (including phenoxy) is 3. The topological polar surface area (TPSA) is 64.1 Å². The van der Waals surface area contributed by atoms with Crippen molar-refractivity contribution in [1.82, 2.24) is 5.32 Å². The molecule has 29 heavy (non-hydrogen) atoms. The Labute approximate surface area is 190 Å². The quantitative estimate of drug-likeness (QED) is 0.312. The summed E-state index contributed by atoms with van der Waals surface area (Å²) < 4.78 is 16.3. The molecule has 1 aliphatic carbocycles. The predicted octanol–water partition coefficient (Wildman–Crippen LogP) is 4.44. The van der Waals surface area contributed by atoms with Crippen LogP contribution in [0.25, 0.3) is 0 Å². The fourth-order valence-electron chi connectivity index (χ4n) is 3.25. The van der Waals surface area contributed by atoms with Crippen LogP contribution in [-0.2, 0) is 5.41 Å². The fraction of sp³-hybridized carbons (Fsp3) is 0.409. The molecule has 0 amide bonds. The van der Waals surface area contributed by atoms with E-state index in [0.717, 1.165) is 23.9 Å². The number of anilines is 1. The van der Waals surface area contributed by atoms with E-state index in [0.29, 0.717) is 18.1 Å². The second-order valence-electron chi connectivity index (χ2n) is 6.86. The monoisotopic (exact) mass is 511 g/mol. The van der Waals surface area contributed by atoms with Crippen molar-refractivity contribution in [2.75, 3.05) is 39.7 Å². The van der Waals surface area contributed by atoms with Crippen molar-refractivity contribution in [3.63, 3.8) is 0 Å². The van der Waals surface area contributed by atoms with E-state index in [1.165, 1.54) is 18.4 Å². The lowest BCUT2D eigenvalue weighted by atomic mass is 9.96. The third-order valence-corrected chi connectivity index (χ3v) is 5.10. The molecule has 6 nitrogen and oxygen atoms in total. The number of benzene rings is 2. The molecule has 2 aromatic rings. The molecule has 0 bridgehead atoms. The molecule has 1 saturated carbocycles. The summed E-state index contributed by atoms with van der Waals surface area (Å²) in [4.78, 5) is 4.36. The SMILES string of the molecule is CCOc1cc(NC(=NC)NCC2(c3ccc(OC)cc3)CC2)ccc1OC.I. The van der Waals surface area contributed by atoms with Crippen molar-refractivity contribution in [2.45, 2.75) is 25.2 Å². The van der Waals surface area contributed by atoms with Gasteiger partial charge in [0, 0.05) is 30.8 Å². The zero-order valence-corrected chi connectivity index (χ0v) is 19.8. The Balaban J connectivity index is 0.00000300. The molecule has 0 radical (unpaired) electrons. The van der Waals surface area contributed by atoms with E-state index in [1.54, 1.807) is 21.3 Å². The Hall–Kier alpha value is -2.16. The van der Waals surface area contributed by atoms with E-state index in [9.17, 15) is 0 Å². The van der Waals surface area contributed by atoms with Crippen molar-refractivity contribution in [1.29, 1.82) is 0 Å². The highest BCUT2D eigenvalue weighted by molar-refractivity contribution is 14.0. The molecule has 158 valence electrons. The average Bonchev–Trinajstić information content (AvgIpc) is 3.53. The first-order chi connectivity index (χ1) is 13.6. The number of hydrogen-bond acceptors (Lipinski definition) is 4. The number of aliphatic imine (C=N–C) groups is 1. The van der Waals surface area contributed by atoms with Crippen LogP contribution < -0.4 is 24.8 Å². The number of methoxy groups -OCH3 is 2. The first-order valence-corrected chi connectivity index (χ1v) is 9.57. The van der Waals surface area contributed by atoms with E-state index in [-0.39, 0.29) is 29.4 Å². The van der Waals surface area contributed by atoms with Gasteiger partial charge in [0.1, 0.15) is 5.75 Å². The van der Waals surface area contributed by atoms with Crippen LogP contribution in [0, 0.1) is 0 Å². The molecular formula is C22H30IN3O3. The van der Waals surface area contributed by atoms with Crippen LogP contribution in [0.3, 0.4) is 0 Å². The standard InChI is InChI=1S/C22H29N3O3.HI/c1-5-28-20-14-17(8-11-19(20)27-4)25-21(23-2)24-15-22(12-13-22)16-6-9-18(26-3)10-7-16;/h6-11,14H,5,12-13,15H2,1-4H3,(H2,23,24,25);1H. The third-order valence-electron chi connectivity index (χ3n) is 5.10. The van der Waals surface area contributed by atoms with Crippen molar-refractivity contribution in [3.05, 3.63) is 48.0 Å². The minimum atomic E-state index is 0. The van der Waals surface area contributed by atoms with Gasteiger partial charge >= 0.3 is 0 Å². The van der Waals surface area contributed by atoms with Gasteiger partial charge in [0.15, 0.2) is 17.5 Å². The maximum absolute atomic E-state index is 5.65. The highest BCUT2D eigenvalue weighted by Crippen LogP contribution is 2.47. The van der Waals surface area contributed by atoms with Crippen molar-refractivity contribution in [2.24, 2.45) is 4.99 Å². The molecule has 0 atom stereocenters. The average molecular weight is 511 g/mol. The van der Waals surface area contributed by atoms with E-state index in [2.05, 4.69) is 27.8 Å². The van der Waals surface area contributed by atoms with Gasteiger partial charge in [-0.25, -0.2) is 0 Å². The molecule has 3 rings (SSSR count). The lowest BCUT2D eigenvalue weighted by Gasteiger charge is -2.20. The Kier molecular flexibility index (Phi) is 8.43. The largest absolute Gasteiger partial charge is 0.497 e. The summed E-state index contributed by atoms with van der Waals surface area (Å²) in [5, 5.41) is 6.80. The van der Waals surface area contributed by atoms with E-state index < -0.39 is 0 Å². The van der Waals surface area contributed by atoms with Gasteiger partial charge in [-0.15, -0.1) is 24.0 Å². The Morgan fingerprint density at radius 2 is 1.76 bits per heavy atom. The molecular weight excluding hydrogens is 481 g/mol. The van der Waals surface area contributed by atoms with Gasteiger partial charge in [0.05, 0.1) is 20.8 Å². The molecule has 1 aliphatic rings. The van der Waals surface area contributed by atoms with Crippen LogP contribution in [0.15, 0.2) is 47.5 Å². The Morgan fingerprint density at radius 3 is 2.31 bits per heavy atom. The predicted molar refractivity (Wildman–Crippen MR) is 128 cm³/mol. The number of guanidine groups is 1. The highest BCUT2D eigenvalue weighted by atomic mass is 127. The summed E-state index contributed by atoms with van der Waals surface area (Å²) in [5.74, 6) is 3.04. The number of hydrogen-bond donors (Lipinski definition) is 2. The van der Waals surface area contributed by atoms with Crippen LogP contribution >= 0.6 is 24.0 Å². The lowest BCUT2D eigenvalue weighted by Crippen LogP contribution is -2.36. The first-order valence-electron chi connectivity index (χ1n) is 9.57. The normalized spacial score (nSPS) is 14.4. The Morgan fingerprint density at radius 1 is 1.03 bits per heavy atom. The minimum absolute atomic E-state index is 0. The summed E-state index contributed by atoms with van der Waals surface area (Å²) in [6.07, 6.45) is 2.33. The molecule has 0 spiro atoms. The van der Waals surface area contributed by atoms with Gasteiger partial charge in [-0.1, -0.05) is 12.1 Å². The van der Waals surface area contributed by atoms with Crippen molar-refractivity contribution >= 4 is 35.6 Å². The number of nitrogens with one attached hydrogen (secondary N) is 2. The number of halogens is 1. The van der Waals surface area contributed by atoms with Gasteiger partial charge in [0.25, 0.3) is 0 Å². The maximum atomic E-state index is 5.65. The molecule has 0 saturated heterocycles. The number of rotatable bonds is 8. The summed E-state index contributed by atoms with van der Waals surface area (Å²) in [6, 6.07) is 14.1. The molecule has 0 aromatic heterocycles. The van der Waals surface area contributed by atoms with Crippen LogP contribution in [0.4, 0.5) is 5.69 Å². The second-order valence-corrected chi connectivity index (χ2v) is 6.86. The summed E-state index contributed by atoms with van der Waals surface area (Å²) in [7, 11) is 5.10. The molecule has 1 fully saturated rings. The third kappa shape index (κ3) is 5.68. The minimum Gasteiger partial charge on any atom is -0.497 e. The van der Waals surface area contributed by atoms with Gasteiger partial charge < -0.3 is 24.8 Å². The first kappa shape index (κ1) is 23.1. The molecule has 2 aromatic carbocycles. The zero-order chi connectivity index (χ0) is 20.0. The smallest absolute Gasteiger partial charge is 0.195 e. The highest BCUT2D eigenvalue weighted by Gasteiger charge is 2.44. The van der Waals surface area contributed by atoms with Crippen LogP contribution in [-0.4, -0.2) is 40.4 Å². The van der Waals surface area contributed by atoms with Gasteiger partial charge in [-0.2, -0.15) is 0 Å². The zero-order valence-electron chi connectivity index (χ0n) is 17.5. The van der Waals surface area contributed by atoms with E-state index in [1.807, 2.05) is 37.3 Å². The molecule has 0 aliphatic heterocycles. The van der Waals surface area contributed by atoms with Crippen LogP contribution in [0.2, 0.25) is 0 Å². The van der Waals surface area contributed by atoms with E-state index >= 15 is 0 Å². The number of nitrogens with zero attached hydrogens (tertiary/aromatic N) is 1. The van der Waals surface area contributed by atoms with Crippen LogP contribution in [0.1, 0.15) is 25.3 Å². The molecule has 7 heteroatoms. The summed E-state index contributed by atoms with van der Waals surface area (Å²) in [5.41, 5.74) is 2.39. The van der Waals surface area contributed by atoms with Crippen LogP contribution in [0.5, 0.6) is 17.2 Å². The van der Waals surface area contributed by atoms with Gasteiger partial charge in [-0.05, 0) is 49.6 Å². The van der Waals surface area contributed by atoms with E-state index in [4.69, 9.17) is 14.2 Å². The molecule has 2 N–H and O–H groups in total. The van der Waals surface area contributed by atoms with Gasteiger partial charge in [0.2, 0.25) is 0 Å². The second kappa shape index (κ2) is 10.6. The van der Waals surface area contributed by atoms with Crippen molar-refractivity contribution < 1.29 is 14.2 Å².